The number of ketones is 2. The van der Waals surface area contributed by atoms with Gasteiger partial charge in [-0.25, -0.2) is 0 Å². The molecule has 0 amide bonds. The first-order valence-corrected chi connectivity index (χ1v) is 4.98. The molecule has 1 aliphatic carbocycles. The van der Waals surface area contributed by atoms with Gasteiger partial charge in [-0.1, -0.05) is 5.16 Å². The molecule has 0 aromatic heterocycles. The van der Waals surface area contributed by atoms with E-state index in [1.807, 2.05) is 0 Å². The number of fused-ring (bicyclic) bond motifs is 1. The van der Waals surface area contributed by atoms with Crippen molar-refractivity contribution in [3.63, 3.8) is 0 Å². The Hall–Kier alpha value is -2.63. The van der Waals surface area contributed by atoms with E-state index in [1.54, 1.807) is 0 Å². The van der Waals surface area contributed by atoms with Crippen LogP contribution in [0.3, 0.4) is 0 Å². The molecule has 1 aromatic carbocycles. The predicted octanol–water partition coefficient (Wildman–Crippen LogP) is 1.04. The number of phenolic OH excluding ortho intramolecular Hbond substituents is 2. The topological polar surface area (TPSA) is 96.2 Å². The number of hydrogen-bond donors (Lipinski definition) is 2. The van der Waals surface area contributed by atoms with E-state index in [9.17, 15) is 19.8 Å². The molecule has 2 N–H and O–H groups in total. The molecule has 0 radical (unpaired) electrons. The monoisotopic (exact) mass is 247 g/mol. The highest BCUT2D eigenvalue weighted by Gasteiger charge is 2.30. The Labute approximate surface area is 102 Å². The van der Waals surface area contributed by atoms with Crippen LogP contribution >= 0.6 is 0 Å². The lowest BCUT2D eigenvalue weighted by molar-refractivity contribution is 0.0984. The first-order chi connectivity index (χ1) is 8.56. The number of carbonyl (C=O) groups excluding carboxylic acids is 2. The molecule has 2 rings (SSSR count). The fraction of sp³-hybridized carbons (Fsp3) is 0.0833. The van der Waals surface area contributed by atoms with E-state index in [1.165, 1.54) is 7.11 Å². The minimum atomic E-state index is -0.598. The van der Waals surface area contributed by atoms with Gasteiger partial charge >= 0.3 is 0 Å². The predicted molar refractivity (Wildman–Crippen MR) is 62.0 cm³/mol. The smallest absolute Gasteiger partial charge is 0.199 e. The van der Waals surface area contributed by atoms with Gasteiger partial charge in [0.1, 0.15) is 18.6 Å². The lowest BCUT2D eigenvalue weighted by Gasteiger charge is -2.14. The van der Waals surface area contributed by atoms with Crippen molar-refractivity contribution in [3.8, 4) is 11.5 Å². The normalized spacial score (nSPS) is 14.6. The van der Waals surface area contributed by atoms with Crippen molar-refractivity contribution in [2.45, 2.75) is 0 Å². The Morgan fingerprint density at radius 1 is 1.17 bits per heavy atom. The van der Waals surface area contributed by atoms with Crippen molar-refractivity contribution in [2.75, 3.05) is 7.11 Å². The van der Waals surface area contributed by atoms with E-state index < -0.39 is 11.6 Å². The van der Waals surface area contributed by atoms with Gasteiger partial charge in [0.2, 0.25) is 0 Å². The maximum atomic E-state index is 12.0. The molecule has 0 unspecified atom stereocenters. The van der Waals surface area contributed by atoms with Gasteiger partial charge in [0, 0.05) is 5.57 Å². The van der Waals surface area contributed by atoms with Crippen LogP contribution in [0.4, 0.5) is 0 Å². The van der Waals surface area contributed by atoms with E-state index >= 15 is 0 Å². The summed E-state index contributed by atoms with van der Waals surface area (Å²) < 4.78 is 0. The zero-order chi connectivity index (χ0) is 13.3. The minimum absolute atomic E-state index is 0.0183. The molecule has 18 heavy (non-hydrogen) atoms. The molecule has 0 fully saturated rings. The zero-order valence-electron chi connectivity index (χ0n) is 9.38. The third-order valence-electron chi connectivity index (χ3n) is 2.48. The fourth-order valence-corrected chi connectivity index (χ4v) is 1.69. The second-order valence-electron chi connectivity index (χ2n) is 3.56. The Balaban J connectivity index is 2.62. The molecule has 0 spiro atoms. The lowest BCUT2D eigenvalue weighted by atomic mass is 9.88. The van der Waals surface area contributed by atoms with Gasteiger partial charge in [0.25, 0.3) is 0 Å². The van der Waals surface area contributed by atoms with E-state index in [0.29, 0.717) is 0 Å². The van der Waals surface area contributed by atoms with Gasteiger partial charge in [-0.15, -0.1) is 0 Å². The van der Waals surface area contributed by atoms with Crippen molar-refractivity contribution < 1.29 is 24.6 Å². The summed E-state index contributed by atoms with van der Waals surface area (Å²) in [6.07, 6.45) is 2.11. The SMILES string of the molecule is CO/N=C/C1=CC(=O)c2c(O)ccc(O)c2C1=O. The molecule has 1 aliphatic rings. The van der Waals surface area contributed by atoms with Crippen LogP contribution in [0, 0.1) is 0 Å². The standard InChI is InChI=1S/C12H9NO5/c1-18-13-5-6-4-9(16)10-7(14)2-3-8(15)11(10)12(6)17/h2-5,14-15H,1H3/b13-5+. The number of carbonyl (C=O) groups is 2. The van der Waals surface area contributed by atoms with E-state index in [4.69, 9.17) is 0 Å². The average Bonchev–Trinajstić information content (AvgIpc) is 2.34. The highest BCUT2D eigenvalue weighted by atomic mass is 16.6. The van der Waals surface area contributed by atoms with Crippen LogP contribution in [0.2, 0.25) is 0 Å². The first-order valence-electron chi connectivity index (χ1n) is 4.98. The number of hydrogen-bond acceptors (Lipinski definition) is 6. The number of nitrogens with zero attached hydrogens (tertiary/aromatic N) is 1. The number of rotatable bonds is 2. The summed E-state index contributed by atoms with van der Waals surface area (Å²) in [7, 11) is 1.30. The number of benzene rings is 1. The molecular formula is C12H9NO5. The molecule has 1 aromatic rings. The summed E-state index contributed by atoms with van der Waals surface area (Å²) in [5, 5.41) is 22.6. The quantitative estimate of drug-likeness (QED) is 0.462. The van der Waals surface area contributed by atoms with Crippen LogP contribution in [-0.4, -0.2) is 35.1 Å². The van der Waals surface area contributed by atoms with Gasteiger partial charge in [-0.05, 0) is 18.2 Å². The van der Waals surface area contributed by atoms with Crippen LogP contribution < -0.4 is 0 Å². The highest BCUT2D eigenvalue weighted by molar-refractivity contribution is 6.33. The largest absolute Gasteiger partial charge is 0.507 e. The molecule has 0 heterocycles. The van der Waals surface area contributed by atoms with Gasteiger partial charge in [0.15, 0.2) is 11.6 Å². The molecule has 6 heteroatoms. The van der Waals surface area contributed by atoms with Crippen molar-refractivity contribution in [1.29, 1.82) is 0 Å². The summed E-state index contributed by atoms with van der Waals surface area (Å²) in [6.45, 7) is 0. The second kappa shape index (κ2) is 4.33. The molecule has 6 nitrogen and oxygen atoms in total. The number of oxime groups is 1. The van der Waals surface area contributed by atoms with Crippen molar-refractivity contribution in [3.05, 3.63) is 34.9 Å². The minimum Gasteiger partial charge on any atom is -0.507 e. The number of allylic oxidation sites excluding steroid dienone is 2. The zero-order valence-corrected chi connectivity index (χ0v) is 9.38. The molecule has 0 bridgehead atoms. The summed E-state index contributed by atoms with van der Waals surface area (Å²) in [5.74, 6) is -1.88. The summed E-state index contributed by atoms with van der Waals surface area (Å²) >= 11 is 0. The van der Waals surface area contributed by atoms with Gasteiger partial charge in [0.05, 0.1) is 17.3 Å². The van der Waals surface area contributed by atoms with Crippen LogP contribution in [0.5, 0.6) is 11.5 Å². The average molecular weight is 247 g/mol. The third kappa shape index (κ3) is 1.73. The number of phenols is 2. The third-order valence-corrected chi connectivity index (χ3v) is 2.48. The molecular weight excluding hydrogens is 238 g/mol. The Bertz CT molecular complexity index is 601. The molecule has 0 atom stereocenters. The molecule has 0 saturated carbocycles. The van der Waals surface area contributed by atoms with Crippen molar-refractivity contribution in [2.24, 2.45) is 5.16 Å². The van der Waals surface area contributed by atoms with E-state index in [-0.39, 0.29) is 28.2 Å². The maximum Gasteiger partial charge on any atom is 0.199 e. The lowest BCUT2D eigenvalue weighted by Crippen LogP contribution is -2.18. The van der Waals surface area contributed by atoms with Crippen LogP contribution in [-0.2, 0) is 4.84 Å². The van der Waals surface area contributed by atoms with Gasteiger partial charge in [-0.3, -0.25) is 9.59 Å². The number of Topliss-reactive ketones (excluding diaryl/α,β-unsaturated/α-hetero) is 1. The van der Waals surface area contributed by atoms with E-state index in [0.717, 1.165) is 24.4 Å². The van der Waals surface area contributed by atoms with Gasteiger partial charge in [-0.2, -0.15) is 0 Å². The van der Waals surface area contributed by atoms with E-state index in [2.05, 4.69) is 9.99 Å². The highest BCUT2D eigenvalue weighted by Crippen LogP contribution is 2.34. The first kappa shape index (κ1) is 11.8. The van der Waals surface area contributed by atoms with Crippen LogP contribution in [0.1, 0.15) is 20.7 Å². The Morgan fingerprint density at radius 2 is 1.78 bits per heavy atom. The summed E-state index contributed by atoms with van der Waals surface area (Å²) in [4.78, 5) is 28.2. The molecule has 92 valence electrons. The molecule has 0 saturated heterocycles. The number of aromatic hydroxyl groups is 2. The van der Waals surface area contributed by atoms with Gasteiger partial charge < -0.3 is 15.1 Å². The van der Waals surface area contributed by atoms with Crippen molar-refractivity contribution in [1.82, 2.24) is 0 Å². The van der Waals surface area contributed by atoms with Crippen LogP contribution in [0.25, 0.3) is 0 Å². The van der Waals surface area contributed by atoms with Crippen molar-refractivity contribution >= 4 is 17.8 Å². The second-order valence-corrected chi connectivity index (χ2v) is 3.56. The van der Waals surface area contributed by atoms with Crippen LogP contribution in [0.15, 0.2) is 28.9 Å². The summed E-state index contributed by atoms with van der Waals surface area (Å²) in [5.41, 5.74) is -0.440. The molecule has 0 aliphatic heterocycles. The fourth-order valence-electron chi connectivity index (χ4n) is 1.69. The Morgan fingerprint density at radius 3 is 2.39 bits per heavy atom. The maximum absolute atomic E-state index is 12.0. The summed E-state index contributed by atoms with van der Waals surface area (Å²) in [6, 6.07) is 2.30. The Kier molecular flexibility index (Phi) is 2.85.